The standard InChI is InChI=1S/C12H23NO5S/c1-12(2,3)9-19(15,16)13-5-6-18-10(8-13)7-11(14)17-4/h10H,5-9H2,1-4H3. The maximum Gasteiger partial charge on any atom is 0.308 e. The van der Waals surface area contributed by atoms with Crippen LogP contribution in [0, 0.1) is 5.41 Å². The highest BCUT2D eigenvalue weighted by atomic mass is 32.2. The normalized spacial score (nSPS) is 22.2. The zero-order valence-corrected chi connectivity index (χ0v) is 12.8. The van der Waals surface area contributed by atoms with Crippen molar-refractivity contribution < 1.29 is 22.7 Å². The summed E-state index contributed by atoms with van der Waals surface area (Å²) in [7, 11) is -2.01. The second kappa shape index (κ2) is 6.19. The molecule has 1 atom stereocenters. The molecule has 0 saturated carbocycles. The topological polar surface area (TPSA) is 72.9 Å². The van der Waals surface area contributed by atoms with Crippen molar-refractivity contribution in [1.82, 2.24) is 4.31 Å². The van der Waals surface area contributed by atoms with Gasteiger partial charge in [-0.1, -0.05) is 20.8 Å². The summed E-state index contributed by atoms with van der Waals surface area (Å²) in [5.74, 6) is -0.301. The predicted octanol–water partition coefficient (Wildman–Crippen LogP) is 0.626. The molecule has 0 aromatic heterocycles. The molecule has 1 unspecified atom stereocenters. The number of rotatable bonds is 4. The lowest BCUT2D eigenvalue weighted by Crippen LogP contribution is -2.48. The Morgan fingerprint density at radius 2 is 2.05 bits per heavy atom. The summed E-state index contributed by atoms with van der Waals surface area (Å²) in [6, 6.07) is 0. The van der Waals surface area contributed by atoms with E-state index in [1.165, 1.54) is 11.4 Å². The van der Waals surface area contributed by atoms with Crippen LogP contribution in [-0.2, 0) is 24.3 Å². The molecule has 112 valence electrons. The molecule has 0 spiro atoms. The second-order valence-electron chi connectivity index (χ2n) is 5.95. The molecule has 0 amide bonds. The monoisotopic (exact) mass is 293 g/mol. The molecule has 1 aliphatic rings. The number of hydrogen-bond acceptors (Lipinski definition) is 5. The third-order valence-corrected chi connectivity index (χ3v) is 5.08. The van der Waals surface area contributed by atoms with E-state index in [2.05, 4.69) is 4.74 Å². The van der Waals surface area contributed by atoms with Gasteiger partial charge in [0.05, 0.1) is 32.0 Å². The summed E-state index contributed by atoms with van der Waals surface area (Å²) in [6.45, 7) is 6.53. The second-order valence-corrected chi connectivity index (χ2v) is 7.92. The van der Waals surface area contributed by atoms with Crippen LogP contribution in [0.2, 0.25) is 0 Å². The fraction of sp³-hybridized carbons (Fsp3) is 0.917. The van der Waals surface area contributed by atoms with Gasteiger partial charge in [0.1, 0.15) is 0 Å². The summed E-state index contributed by atoms with van der Waals surface area (Å²) >= 11 is 0. The molecule has 6 nitrogen and oxygen atoms in total. The zero-order chi connectivity index (χ0) is 14.7. The molecule has 0 aromatic carbocycles. The minimum absolute atomic E-state index is 0.0814. The molecular formula is C12H23NO5S. The van der Waals surface area contributed by atoms with Crippen molar-refractivity contribution in [3.63, 3.8) is 0 Å². The van der Waals surface area contributed by atoms with E-state index >= 15 is 0 Å². The SMILES string of the molecule is COC(=O)CC1CN(S(=O)(=O)CC(C)(C)C)CCO1. The van der Waals surface area contributed by atoms with Crippen LogP contribution in [0.25, 0.3) is 0 Å². The van der Waals surface area contributed by atoms with Crippen molar-refractivity contribution in [2.45, 2.75) is 33.3 Å². The molecule has 1 saturated heterocycles. The number of carbonyl (C=O) groups is 1. The lowest BCUT2D eigenvalue weighted by Gasteiger charge is -2.33. The number of morpholine rings is 1. The van der Waals surface area contributed by atoms with Crippen LogP contribution in [0.15, 0.2) is 0 Å². The third-order valence-electron chi connectivity index (χ3n) is 2.73. The molecule has 1 rings (SSSR count). The van der Waals surface area contributed by atoms with Gasteiger partial charge in [-0.3, -0.25) is 4.79 Å². The van der Waals surface area contributed by atoms with Gasteiger partial charge in [0, 0.05) is 13.1 Å². The van der Waals surface area contributed by atoms with Crippen molar-refractivity contribution in [2.75, 3.05) is 32.6 Å². The van der Waals surface area contributed by atoms with Gasteiger partial charge >= 0.3 is 5.97 Å². The molecule has 0 N–H and O–H groups in total. The van der Waals surface area contributed by atoms with Gasteiger partial charge in [-0.25, -0.2) is 8.42 Å². The van der Waals surface area contributed by atoms with E-state index in [1.807, 2.05) is 20.8 Å². The van der Waals surface area contributed by atoms with Crippen LogP contribution in [0.1, 0.15) is 27.2 Å². The van der Waals surface area contributed by atoms with E-state index in [-0.39, 0.29) is 30.1 Å². The molecule has 1 aliphatic heterocycles. The van der Waals surface area contributed by atoms with Crippen molar-refractivity contribution >= 4 is 16.0 Å². The maximum absolute atomic E-state index is 12.3. The number of hydrogen-bond donors (Lipinski definition) is 0. The van der Waals surface area contributed by atoms with Crippen LogP contribution in [0.3, 0.4) is 0 Å². The Morgan fingerprint density at radius 1 is 1.42 bits per heavy atom. The Kier molecular flexibility index (Phi) is 5.34. The summed E-state index contributed by atoms with van der Waals surface area (Å²) in [5.41, 5.74) is -0.297. The Bertz CT molecular complexity index is 412. The third kappa shape index (κ3) is 5.46. The molecule has 1 heterocycles. The first-order valence-corrected chi connectivity index (χ1v) is 7.91. The highest BCUT2D eigenvalue weighted by Gasteiger charge is 2.33. The van der Waals surface area contributed by atoms with Gasteiger partial charge in [0.2, 0.25) is 10.0 Å². The summed E-state index contributed by atoms with van der Waals surface area (Å²) in [6.07, 6.45) is -0.339. The predicted molar refractivity (Wildman–Crippen MR) is 71.2 cm³/mol. The van der Waals surface area contributed by atoms with Crippen LogP contribution < -0.4 is 0 Å². The maximum atomic E-state index is 12.3. The minimum atomic E-state index is -3.32. The van der Waals surface area contributed by atoms with Gasteiger partial charge in [-0.15, -0.1) is 0 Å². The van der Waals surface area contributed by atoms with Crippen molar-refractivity contribution in [2.24, 2.45) is 5.41 Å². The zero-order valence-electron chi connectivity index (χ0n) is 12.0. The molecule has 7 heteroatoms. The van der Waals surface area contributed by atoms with Gasteiger partial charge in [0.15, 0.2) is 0 Å². The largest absolute Gasteiger partial charge is 0.469 e. The van der Waals surface area contributed by atoms with Crippen LogP contribution >= 0.6 is 0 Å². The first-order chi connectivity index (χ1) is 8.64. The summed E-state index contributed by atoms with van der Waals surface area (Å²) in [5, 5.41) is 0. The first-order valence-electron chi connectivity index (χ1n) is 6.30. The Morgan fingerprint density at radius 3 is 2.58 bits per heavy atom. The number of ether oxygens (including phenoxy) is 2. The average molecular weight is 293 g/mol. The Labute approximate surface area is 115 Å². The molecule has 0 bridgehead atoms. The molecule has 0 radical (unpaired) electrons. The van der Waals surface area contributed by atoms with Gasteiger partial charge in [-0.05, 0) is 5.41 Å². The Balaban J connectivity index is 2.66. The lowest BCUT2D eigenvalue weighted by molar-refractivity contribution is -0.145. The number of carbonyl (C=O) groups excluding carboxylic acids is 1. The molecular weight excluding hydrogens is 270 g/mol. The van der Waals surface area contributed by atoms with Crippen LogP contribution in [0.5, 0.6) is 0 Å². The van der Waals surface area contributed by atoms with Gasteiger partial charge in [0.25, 0.3) is 0 Å². The fourth-order valence-corrected chi connectivity index (χ4v) is 4.00. The van der Waals surface area contributed by atoms with E-state index in [9.17, 15) is 13.2 Å². The van der Waals surface area contributed by atoms with Crippen molar-refractivity contribution in [3.05, 3.63) is 0 Å². The van der Waals surface area contributed by atoms with E-state index in [1.54, 1.807) is 0 Å². The highest BCUT2D eigenvalue weighted by Crippen LogP contribution is 2.21. The summed E-state index contributed by atoms with van der Waals surface area (Å²) in [4.78, 5) is 11.2. The lowest BCUT2D eigenvalue weighted by atomic mass is 10.0. The molecule has 0 aromatic rings. The molecule has 1 fully saturated rings. The molecule has 19 heavy (non-hydrogen) atoms. The Hall–Kier alpha value is -0.660. The highest BCUT2D eigenvalue weighted by molar-refractivity contribution is 7.89. The number of nitrogens with zero attached hydrogens (tertiary/aromatic N) is 1. The van der Waals surface area contributed by atoms with E-state index < -0.39 is 16.1 Å². The van der Waals surface area contributed by atoms with E-state index in [4.69, 9.17) is 4.74 Å². The van der Waals surface area contributed by atoms with E-state index in [0.717, 1.165) is 0 Å². The summed E-state index contributed by atoms with van der Waals surface area (Å²) < 4.78 is 35.9. The van der Waals surface area contributed by atoms with Crippen molar-refractivity contribution in [3.8, 4) is 0 Å². The van der Waals surface area contributed by atoms with Crippen LogP contribution in [-0.4, -0.2) is 57.4 Å². The number of esters is 1. The number of methoxy groups -OCH3 is 1. The minimum Gasteiger partial charge on any atom is -0.469 e. The fourth-order valence-electron chi connectivity index (χ4n) is 1.98. The molecule has 0 aliphatic carbocycles. The first kappa shape index (κ1) is 16.4. The van der Waals surface area contributed by atoms with Crippen LogP contribution in [0.4, 0.5) is 0 Å². The van der Waals surface area contributed by atoms with Gasteiger partial charge in [-0.2, -0.15) is 4.31 Å². The average Bonchev–Trinajstić information content (AvgIpc) is 2.26. The number of sulfonamides is 1. The van der Waals surface area contributed by atoms with E-state index in [0.29, 0.717) is 13.2 Å². The smallest absolute Gasteiger partial charge is 0.308 e. The van der Waals surface area contributed by atoms with Crippen molar-refractivity contribution in [1.29, 1.82) is 0 Å². The quantitative estimate of drug-likeness (QED) is 0.711. The van der Waals surface area contributed by atoms with Gasteiger partial charge < -0.3 is 9.47 Å².